The fourth-order valence-corrected chi connectivity index (χ4v) is 3.95. The van der Waals surface area contributed by atoms with Gasteiger partial charge in [0.2, 0.25) is 0 Å². The Bertz CT molecular complexity index is 1240. The summed E-state index contributed by atoms with van der Waals surface area (Å²) in [7, 11) is 0. The predicted molar refractivity (Wildman–Crippen MR) is 149 cm³/mol. The van der Waals surface area contributed by atoms with Gasteiger partial charge in [0.1, 0.15) is 5.75 Å². The van der Waals surface area contributed by atoms with E-state index in [0.717, 1.165) is 22.5 Å². The van der Waals surface area contributed by atoms with Crippen molar-refractivity contribution in [2.24, 2.45) is 0 Å². The maximum atomic E-state index is 12.6. The lowest BCUT2D eigenvalue weighted by Gasteiger charge is -2.32. The number of thiocarbonyl (C=S) groups is 1. The summed E-state index contributed by atoms with van der Waals surface area (Å²) in [5, 5.41) is 6.71. The van der Waals surface area contributed by atoms with Crippen LogP contribution in [-0.2, 0) is 10.3 Å². The fourth-order valence-electron chi connectivity index (χ4n) is 3.71. The average molecular weight is 497 g/mol. The van der Waals surface area contributed by atoms with Gasteiger partial charge in [-0.05, 0) is 54.5 Å². The minimum absolute atomic E-state index is 0.150. The summed E-state index contributed by atoms with van der Waals surface area (Å²) < 4.78 is 5.73. The quantitative estimate of drug-likeness (QED) is 0.182. The Kier molecular flexibility index (Phi) is 8.28. The van der Waals surface area contributed by atoms with Crippen LogP contribution in [0.1, 0.15) is 18.1 Å². The van der Waals surface area contributed by atoms with Crippen LogP contribution in [-0.4, -0.2) is 17.6 Å². The number of hydrazine groups is 1. The van der Waals surface area contributed by atoms with Crippen LogP contribution in [0.4, 0.5) is 11.4 Å². The number of nitrogens with one attached hydrogen (secondary N) is 4. The monoisotopic (exact) mass is 496 g/mol. The van der Waals surface area contributed by atoms with Gasteiger partial charge >= 0.3 is 0 Å². The molecular formula is C29H28N4O2S. The Morgan fingerprint density at radius 3 is 1.89 bits per heavy atom. The molecule has 6 nitrogen and oxygen atoms in total. The zero-order valence-electron chi connectivity index (χ0n) is 19.9. The predicted octanol–water partition coefficient (Wildman–Crippen LogP) is 5.46. The lowest BCUT2D eigenvalue weighted by atomic mass is 9.85. The first kappa shape index (κ1) is 24.9. The van der Waals surface area contributed by atoms with Crippen LogP contribution in [0.3, 0.4) is 0 Å². The van der Waals surface area contributed by atoms with E-state index >= 15 is 0 Å². The Labute approximate surface area is 216 Å². The van der Waals surface area contributed by atoms with E-state index in [1.807, 2.05) is 110 Å². The van der Waals surface area contributed by atoms with Gasteiger partial charge in [0.05, 0.1) is 5.54 Å². The van der Waals surface area contributed by atoms with Crippen LogP contribution in [0.25, 0.3) is 0 Å². The van der Waals surface area contributed by atoms with Gasteiger partial charge in [-0.15, -0.1) is 0 Å². The van der Waals surface area contributed by atoms with Crippen molar-refractivity contribution in [2.45, 2.75) is 12.5 Å². The van der Waals surface area contributed by atoms with Crippen LogP contribution < -0.4 is 26.2 Å². The normalized spacial score (nSPS) is 10.8. The van der Waals surface area contributed by atoms with Crippen molar-refractivity contribution in [3.05, 3.63) is 126 Å². The van der Waals surface area contributed by atoms with Gasteiger partial charge in [0.25, 0.3) is 5.91 Å². The molecule has 0 heterocycles. The first-order chi connectivity index (χ1) is 17.5. The first-order valence-corrected chi connectivity index (χ1v) is 12.0. The molecule has 0 aliphatic heterocycles. The van der Waals surface area contributed by atoms with Crippen molar-refractivity contribution in [3.63, 3.8) is 0 Å². The van der Waals surface area contributed by atoms with E-state index in [1.165, 1.54) is 0 Å². The molecule has 1 amide bonds. The van der Waals surface area contributed by atoms with Gasteiger partial charge in [-0.1, -0.05) is 84.9 Å². The first-order valence-electron chi connectivity index (χ1n) is 11.6. The lowest BCUT2D eigenvalue weighted by molar-refractivity contribution is -0.124. The molecule has 0 saturated carbocycles. The third-order valence-electron chi connectivity index (χ3n) is 5.65. The van der Waals surface area contributed by atoms with E-state index in [2.05, 4.69) is 21.5 Å². The second-order valence-corrected chi connectivity index (χ2v) is 8.70. The molecule has 0 aliphatic rings. The Balaban J connectivity index is 1.33. The lowest BCUT2D eigenvalue weighted by Crippen LogP contribution is -2.52. The second-order valence-electron chi connectivity index (χ2n) is 8.29. The topological polar surface area (TPSA) is 74.4 Å². The number of anilines is 2. The molecule has 0 saturated heterocycles. The zero-order chi connectivity index (χ0) is 25.2. The van der Waals surface area contributed by atoms with Crippen LogP contribution in [0.5, 0.6) is 5.75 Å². The maximum Gasteiger partial charge on any atom is 0.272 e. The summed E-state index contributed by atoms with van der Waals surface area (Å²) in [6, 6.07) is 36.9. The molecule has 4 N–H and O–H groups in total. The SMILES string of the molecule is CC(NNC(=O)COc1cccc(NC(=S)Nc2ccccc2)c1)(c1ccccc1)c1ccccc1. The molecule has 0 spiro atoms. The molecule has 0 aliphatic carbocycles. The molecule has 0 bridgehead atoms. The number of carbonyl (C=O) groups excluding carboxylic acids is 1. The molecule has 4 aromatic rings. The maximum absolute atomic E-state index is 12.6. The van der Waals surface area contributed by atoms with Crippen LogP contribution in [0.2, 0.25) is 0 Å². The van der Waals surface area contributed by atoms with Gasteiger partial charge in [0, 0.05) is 17.4 Å². The molecule has 182 valence electrons. The van der Waals surface area contributed by atoms with Crippen LogP contribution in [0, 0.1) is 0 Å². The Hall–Kier alpha value is -4.20. The van der Waals surface area contributed by atoms with Crippen LogP contribution in [0.15, 0.2) is 115 Å². The number of hydrogen-bond donors (Lipinski definition) is 4. The molecule has 7 heteroatoms. The summed E-state index contributed by atoms with van der Waals surface area (Å²) in [5.41, 5.74) is 9.08. The Morgan fingerprint density at radius 2 is 1.28 bits per heavy atom. The minimum Gasteiger partial charge on any atom is -0.484 e. The number of carbonyl (C=O) groups is 1. The standard InChI is InChI=1S/C29H28N4O2S/c1-29(22-12-5-2-6-13-22,23-14-7-3-8-15-23)33-32-27(34)21-35-26-19-11-18-25(20-26)31-28(36)30-24-16-9-4-10-17-24/h2-20,33H,21H2,1H3,(H,32,34)(H2,30,31,36). The highest BCUT2D eigenvalue weighted by atomic mass is 32.1. The molecule has 0 unspecified atom stereocenters. The van der Waals surface area contributed by atoms with E-state index in [0.29, 0.717) is 10.9 Å². The number of benzene rings is 4. The third kappa shape index (κ3) is 6.69. The summed E-state index contributed by atoms with van der Waals surface area (Å²) >= 11 is 5.38. The highest BCUT2D eigenvalue weighted by molar-refractivity contribution is 7.80. The van der Waals surface area contributed by atoms with Gasteiger partial charge in [-0.2, -0.15) is 0 Å². The van der Waals surface area contributed by atoms with E-state index in [-0.39, 0.29) is 12.5 Å². The number of para-hydroxylation sites is 1. The van der Waals surface area contributed by atoms with E-state index in [9.17, 15) is 4.79 Å². The number of amides is 1. The van der Waals surface area contributed by atoms with Crippen molar-refractivity contribution >= 4 is 34.6 Å². The third-order valence-corrected chi connectivity index (χ3v) is 5.85. The van der Waals surface area contributed by atoms with Gasteiger partial charge in [-0.25, -0.2) is 5.43 Å². The molecule has 0 atom stereocenters. The molecule has 36 heavy (non-hydrogen) atoms. The van der Waals surface area contributed by atoms with Gasteiger partial charge < -0.3 is 15.4 Å². The second kappa shape index (κ2) is 12.0. The summed E-state index contributed by atoms with van der Waals surface area (Å²) in [4.78, 5) is 12.6. The molecule has 4 aromatic carbocycles. The minimum atomic E-state index is -0.622. The highest BCUT2D eigenvalue weighted by Crippen LogP contribution is 2.28. The summed E-state index contributed by atoms with van der Waals surface area (Å²) in [6.07, 6.45) is 0. The molecule has 0 radical (unpaired) electrons. The van der Waals surface area contributed by atoms with Gasteiger partial charge in [0.15, 0.2) is 11.7 Å². The van der Waals surface area contributed by atoms with Crippen molar-refractivity contribution in [2.75, 3.05) is 17.2 Å². The average Bonchev–Trinajstić information content (AvgIpc) is 2.92. The molecular weight excluding hydrogens is 468 g/mol. The van der Waals surface area contributed by atoms with E-state index in [1.54, 1.807) is 12.1 Å². The smallest absolute Gasteiger partial charge is 0.272 e. The van der Waals surface area contributed by atoms with Crippen molar-refractivity contribution < 1.29 is 9.53 Å². The molecule has 0 aromatic heterocycles. The highest BCUT2D eigenvalue weighted by Gasteiger charge is 2.29. The summed E-state index contributed by atoms with van der Waals surface area (Å²) in [5.74, 6) is 0.249. The van der Waals surface area contributed by atoms with E-state index < -0.39 is 5.54 Å². The van der Waals surface area contributed by atoms with Gasteiger partial charge in [-0.3, -0.25) is 10.2 Å². The van der Waals surface area contributed by atoms with Crippen molar-refractivity contribution in [1.29, 1.82) is 0 Å². The van der Waals surface area contributed by atoms with Crippen LogP contribution >= 0.6 is 12.2 Å². The number of ether oxygens (including phenoxy) is 1. The van der Waals surface area contributed by atoms with Crippen molar-refractivity contribution in [1.82, 2.24) is 10.9 Å². The van der Waals surface area contributed by atoms with Crippen molar-refractivity contribution in [3.8, 4) is 5.75 Å². The van der Waals surface area contributed by atoms with E-state index in [4.69, 9.17) is 17.0 Å². The largest absolute Gasteiger partial charge is 0.484 e. The zero-order valence-corrected chi connectivity index (χ0v) is 20.7. The number of rotatable bonds is 9. The number of hydrogen-bond acceptors (Lipinski definition) is 4. The fraction of sp³-hybridized carbons (Fsp3) is 0.103. The molecule has 4 rings (SSSR count). The molecule has 0 fully saturated rings. The summed E-state index contributed by atoms with van der Waals surface area (Å²) in [6.45, 7) is 1.88. The Morgan fingerprint density at radius 1 is 0.750 bits per heavy atom.